The number of hydrogen-bond donors (Lipinski definition) is 1. The molecule has 2 rings (SSSR count). The van der Waals surface area contributed by atoms with Crippen molar-refractivity contribution in [2.45, 2.75) is 32.9 Å². The van der Waals surface area contributed by atoms with E-state index < -0.39 is 0 Å². The minimum Gasteiger partial charge on any atom is -0.306 e. The third kappa shape index (κ3) is 4.94. The zero-order valence-electron chi connectivity index (χ0n) is 12.4. The summed E-state index contributed by atoms with van der Waals surface area (Å²) in [5.74, 6) is 0.392. The first-order valence-corrected chi connectivity index (χ1v) is 8.08. The van der Waals surface area contributed by atoms with Gasteiger partial charge in [0, 0.05) is 12.6 Å². The summed E-state index contributed by atoms with van der Waals surface area (Å²) in [5.41, 5.74) is 2.38. The Morgan fingerprint density at radius 2 is 1.81 bits per heavy atom. The van der Waals surface area contributed by atoms with E-state index in [-0.39, 0.29) is 5.82 Å². The van der Waals surface area contributed by atoms with E-state index in [2.05, 4.69) is 59.4 Å². The number of benzene rings is 2. The van der Waals surface area contributed by atoms with Crippen molar-refractivity contribution >= 4 is 15.9 Å². The Hall–Kier alpha value is -1.19. The summed E-state index contributed by atoms with van der Waals surface area (Å²) < 4.78 is 13.8. The predicted octanol–water partition coefficient (Wildman–Crippen LogP) is 5.47. The number of rotatable bonds is 6. The summed E-state index contributed by atoms with van der Waals surface area (Å²) >= 11 is 3.24. The molecule has 21 heavy (non-hydrogen) atoms. The third-order valence-corrected chi connectivity index (χ3v) is 4.05. The summed E-state index contributed by atoms with van der Waals surface area (Å²) in [6.07, 6.45) is 1.08. The highest BCUT2D eigenvalue weighted by Gasteiger charge is 2.12. The second-order valence-corrected chi connectivity index (χ2v) is 6.58. The van der Waals surface area contributed by atoms with Crippen molar-refractivity contribution in [2.24, 2.45) is 5.92 Å². The Morgan fingerprint density at radius 3 is 2.43 bits per heavy atom. The van der Waals surface area contributed by atoms with Crippen molar-refractivity contribution < 1.29 is 4.39 Å². The lowest BCUT2D eigenvalue weighted by atomic mass is 9.97. The zero-order valence-corrected chi connectivity index (χ0v) is 14.0. The van der Waals surface area contributed by atoms with Gasteiger partial charge in [0.2, 0.25) is 0 Å². The van der Waals surface area contributed by atoms with Crippen molar-refractivity contribution in [1.29, 1.82) is 0 Å². The zero-order chi connectivity index (χ0) is 15.2. The fourth-order valence-electron chi connectivity index (χ4n) is 2.38. The molecular weight excluding hydrogens is 329 g/mol. The summed E-state index contributed by atoms with van der Waals surface area (Å²) in [4.78, 5) is 0. The molecule has 1 N–H and O–H groups in total. The molecule has 1 atom stereocenters. The molecule has 0 aliphatic carbocycles. The van der Waals surface area contributed by atoms with Gasteiger partial charge in [0.15, 0.2) is 0 Å². The van der Waals surface area contributed by atoms with Gasteiger partial charge in [0.25, 0.3) is 0 Å². The van der Waals surface area contributed by atoms with E-state index in [9.17, 15) is 4.39 Å². The molecule has 0 bridgehead atoms. The van der Waals surface area contributed by atoms with Crippen LogP contribution in [0.15, 0.2) is 53.0 Å². The van der Waals surface area contributed by atoms with Crippen LogP contribution >= 0.6 is 15.9 Å². The maximum atomic E-state index is 13.3. The van der Waals surface area contributed by atoms with Crippen LogP contribution in [0.2, 0.25) is 0 Å². The van der Waals surface area contributed by atoms with E-state index >= 15 is 0 Å². The molecule has 3 heteroatoms. The van der Waals surface area contributed by atoms with Gasteiger partial charge >= 0.3 is 0 Å². The maximum absolute atomic E-state index is 13.3. The smallest absolute Gasteiger partial charge is 0.137 e. The molecule has 0 spiro atoms. The van der Waals surface area contributed by atoms with Crippen LogP contribution in [0.25, 0.3) is 0 Å². The SMILES string of the molecule is CC(C)CC(NCc1ccc(F)c(Br)c1)c1ccccc1. The van der Waals surface area contributed by atoms with E-state index in [0.717, 1.165) is 18.5 Å². The minimum absolute atomic E-state index is 0.222. The summed E-state index contributed by atoms with van der Waals surface area (Å²) in [5, 5.41) is 3.59. The third-order valence-electron chi connectivity index (χ3n) is 3.45. The number of halogens is 2. The standard InChI is InChI=1S/C18H21BrFN/c1-13(2)10-18(15-6-4-3-5-7-15)21-12-14-8-9-17(20)16(19)11-14/h3-9,11,13,18,21H,10,12H2,1-2H3. The van der Waals surface area contributed by atoms with E-state index in [1.165, 1.54) is 11.6 Å². The highest BCUT2D eigenvalue weighted by Crippen LogP contribution is 2.22. The van der Waals surface area contributed by atoms with Gasteiger partial charge in [-0.2, -0.15) is 0 Å². The predicted molar refractivity (Wildman–Crippen MR) is 89.6 cm³/mol. The maximum Gasteiger partial charge on any atom is 0.137 e. The van der Waals surface area contributed by atoms with Gasteiger partial charge in [0.05, 0.1) is 4.47 Å². The number of hydrogen-bond acceptors (Lipinski definition) is 1. The molecule has 0 aliphatic rings. The first-order valence-electron chi connectivity index (χ1n) is 7.28. The van der Waals surface area contributed by atoms with Crippen LogP contribution in [0.1, 0.15) is 37.4 Å². The Labute approximate surface area is 134 Å². The summed E-state index contributed by atoms with van der Waals surface area (Å²) in [6, 6.07) is 16.0. The van der Waals surface area contributed by atoms with Gasteiger partial charge in [-0.3, -0.25) is 0 Å². The molecule has 0 aromatic heterocycles. The molecule has 0 fully saturated rings. The highest BCUT2D eigenvalue weighted by atomic mass is 79.9. The molecule has 0 heterocycles. The molecule has 2 aromatic carbocycles. The molecule has 2 aromatic rings. The quantitative estimate of drug-likeness (QED) is 0.729. The topological polar surface area (TPSA) is 12.0 Å². The molecule has 1 nitrogen and oxygen atoms in total. The van der Waals surface area contributed by atoms with Crippen molar-refractivity contribution in [3.8, 4) is 0 Å². The van der Waals surface area contributed by atoms with E-state index in [1.54, 1.807) is 0 Å². The largest absolute Gasteiger partial charge is 0.306 e. The van der Waals surface area contributed by atoms with E-state index in [0.29, 0.717) is 16.4 Å². The lowest BCUT2D eigenvalue weighted by molar-refractivity contribution is 0.428. The average molecular weight is 350 g/mol. The van der Waals surface area contributed by atoms with Crippen LogP contribution < -0.4 is 5.32 Å². The first kappa shape index (κ1) is 16.2. The Kier molecular flexibility index (Phi) is 5.95. The molecule has 0 radical (unpaired) electrons. The van der Waals surface area contributed by atoms with Gasteiger partial charge < -0.3 is 5.32 Å². The lowest BCUT2D eigenvalue weighted by Gasteiger charge is -2.21. The fourth-order valence-corrected chi connectivity index (χ4v) is 2.81. The minimum atomic E-state index is -0.222. The van der Waals surface area contributed by atoms with Gasteiger partial charge in [0.1, 0.15) is 5.82 Å². The average Bonchev–Trinajstić information content (AvgIpc) is 2.47. The second kappa shape index (κ2) is 7.71. The highest BCUT2D eigenvalue weighted by molar-refractivity contribution is 9.10. The van der Waals surface area contributed by atoms with Crippen LogP contribution in [0, 0.1) is 11.7 Å². The van der Waals surface area contributed by atoms with Gasteiger partial charge in [-0.25, -0.2) is 4.39 Å². The van der Waals surface area contributed by atoms with Crippen LogP contribution in [-0.2, 0) is 6.54 Å². The van der Waals surface area contributed by atoms with Crippen molar-refractivity contribution in [2.75, 3.05) is 0 Å². The van der Waals surface area contributed by atoms with Crippen LogP contribution in [0.4, 0.5) is 4.39 Å². The lowest BCUT2D eigenvalue weighted by Crippen LogP contribution is -2.22. The van der Waals surface area contributed by atoms with Crippen LogP contribution in [-0.4, -0.2) is 0 Å². The molecule has 1 unspecified atom stereocenters. The van der Waals surface area contributed by atoms with E-state index in [1.807, 2.05) is 18.2 Å². The molecular formula is C18H21BrFN. The molecule has 0 saturated heterocycles. The Balaban J connectivity index is 2.07. The second-order valence-electron chi connectivity index (χ2n) is 5.72. The summed E-state index contributed by atoms with van der Waals surface area (Å²) in [6.45, 7) is 5.18. The Morgan fingerprint density at radius 1 is 1.10 bits per heavy atom. The van der Waals surface area contributed by atoms with Gasteiger partial charge in [-0.15, -0.1) is 0 Å². The molecule has 0 aliphatic heterocycles. The normalized spacial score (nSPS) is 12.6. The van der Waals surface area contributed by atoms with Crippen LogP contribution in [0.5, 0.6) is 0 Å². The number of nitrogens with one attached hydrogen (secondary N) is 1. The van der Waals surface area contributed by atoms with Gasteiger partial charge in [-0.05, 0) is 51.5 Å². The van der Waals surface area contributed by atoms with E-state index in [4.69, 9.17) is 0 Å². The fraction of sp³-hybridized carbons (Fsp3) is 0.333. The molecule has 0 saturated carbocycles. The summed E-state index contributed by atoms with van der Waals surface area (Å²) in [7, 11) is 0. The molecule has 112 valence electrons. The monoisotopic (exact) mass is 349 g/mol. The first-order chi connectivity index (χ1) is 10.1. The molecule has 0 amide bonds. The van der Waals surface area contributed by atoms with Crippen LogP contribution in [0.3, 0.4) is 0 Å². The van der Waals surface area contributed by atoms with Gasteiger partial charge in [-0.1, -0.05) is 50.2 Å². The van der Waals surface area contributed by atoms with Crippen molar-refractivity contribution in [3.63, 3.8) is 0 Å². The van der Waals surface area contributed by atoms with Crippen molar-refractivity contribution in [3.05, 3.63) is 69.9 Å². The Bertz CT molecular complexity index is 569. The van der Waals surface area contributed by atoms with Crippen molar-refractivity contribution in [1.82, 2.24) is 5.32 Å².